The van der Waals surface area contributed by atoms with Gasteiger partial charge in [0.2, 0.25) is 5.95 Å². The number of rotatable bonds is 7. The molecule has 0 saturated heterocycles. The van der Waals surface area contributed by atoms with Crippen molar-refractivity contribution in [1.82, 2.24) is 9.97 Å². The largest absolute Gasteiger partial charge is 0.383 e. The zero-order valence-corrected chi connectivity index (χ0v) is 17.1. The Morgan fingerprint density at radius 2 is 1.78 bits per heavy atom. The van der Waals surface area contributed by atoms with Crippen LogP contribution in [-0.2, 0) is 4.74 Å². The van der Waals surface area contributed by atoms with Gasteiger partial charge in [0.05, 0.1) is 18.0 Å². The Morgan fingerprint density at radius 1 is 1.06 bits per heavy atom. The lowest BCUT2D eigenvalue weighted by Gasteiger charge is -2.23. The maximum atomic E-state index is 14.1. The number of anilines is 4. The Labute approximate surface area is 181 Å². The molecule has 7 nitrogen and oxygen atoms in total. The first-order chi connectivity index (χ1) is 15.3. The maximum Gasteiger partial charge on any atom is 0.332 e. The molecule has 1 heterocycles. The Hall–Kier alpha value is -3.73. The summed E-state index contributed by atoms with van der Waals surface area (Å²) >= 11 is 0. The summed E-state index contributed by atoms with van der Waals surface area (Å²) in [5.41, 5.74) is -0.399. The third-order valence-corrected chi connectivity index (χ3v) is 4.23. The fourth-order valence-corrected chi connectivity index (χ4v) is 2.79. The lowest BCUT2D eigenvalue weighted by molar-refractivity contribution is 0.190. The molecule has 0 bridgehead atoms. The molecule has 32 heavy (non-hydrogen) atoms. The van der Waals surface area contributed by atoms with Crippen LogP contribution < -0.4 is 15.5 Å². The number of amides is 2. The van der Waals surface area contributed by atoms with E-state index in [0.29, 0.717) is 12.7 Å². The molecule has 3 rings (SSSR count). The van der Waals surface area contributed by atoms with Gasteiger partial charge in [-0.2, -0.15) is 4.98 Å². The van der Waals surface area contributed by atoms with Gasteiger partial charge in [-0.3, -0.25) is 0 Å². The van der Waals surface area contributed by atoms with Gasteiger partial charge < -0.3 is 15.4 Å². The van der Waals surface area contributed by atoms with Gasteiger partial charge in [-0.15, -0.1) is 0 Å². The number of methoxy groups -OCH3 is 1. The first kappa shape index (κ1) is 22.9. The molecule has 1 unspecified atom stereocenters. The Bertz CT molecular complexity index is 1100. The predicted molar refractivity (Wildman–Crippen MR) is 111 cm³/mol. The van der Waals surface area contributed by atoms with Crippen LogP contribution in [0.2, 0.25) is 0 Å². The third kappa shape index (κ3) is 5.30. The molecule has 0 saturated carbocycles. The molecule has 0 aliphatic heterocycles. The van der Waals surface area contributed by atoms with E-state index in [4.69, 9.17) is 4.74 Å². The van der Waals surface area contributed by atoms with E-state index in [-0.39, 0.29) is 23.5 Å². The minimum absolute atomic E-state index is 0.0548. The van der Waals surface area contributed by atoms with E-state index in [1.165, 1.54) is 31.5 Å². The predicted octanol–water partition coefficient (Wildman–Crippen LogP) is 4.85. The van der Waals surface area contributed by atoms with Crippen LogP contribution >= 0.6 is 0 Å². The number of nitrogens with zero attached hydrogens (tertiary/aromatic N) is 3. The van der Waals surface area contributed by atoms with Gasteiger partial charge in [-0.1, -0.05) is 0 Å². The summed E-state index contributed by atoms with van der Waals surface area (Å²) in [6.45, 7) is 2.20. The van der Waals surface area contributed by atoms with Gasteiger partial charge in [0.1, 0.15) is 11.6 Å². The van der Waals surface area contributed by atoms with Gasteiger partial charge in [-0.05, 0) is 43.3 Å². The molecule has 11 heteroatoms. The molecule has 168 valence electrons. The first-order valence-corrected chi connectivity index (χ1v) is 9.39. The monoisotopic (exact) mass is 449 g/mol. The zero-order valence-electron chi connectivity index (χ0n) is 17.1. The van der Waals surface area contributed by atoms with E-state index in [2.05, 4.69) is 20.6 Å². The summed E-state index contributed by atoms with van der Waals surface area (Å²) in [5.74, 6) is -5.00. The Morgan fingerprint density at radius 3 is 2.47 bits per heavy atom. The van der Waals surface area contributed by atoms with Crippen molar-refractivity contribution in [2.24, 2.45) is 0 Å². The number of hydrogen-bond acceptors (Lipinski definition) is 5. The van der Waals surface area contributed by atoms with Crippen molar-refractivity contribution >= 4 is 29.2 Å². The molecule has 1 atom stereocenters. The van der Waals surface area contributed by atoms with Crippen molar-refractivity contribution in [1.29, 1.82) is 0 Å². The molecule has 2 N–H and O–H groups in total. The average Bonchev–Trinajstić information content (AvgIpc) is 2.76. The van der Waals surface area contributed by atoms with E-state index in [9.17, 15) is 22.4 Å². The summed E-state index contributed by atoms with van der Waals surface area (Å²) in [6, 6.07) is 6.71. The summed E-state index contributed by atoms with van der Waals surface area (Å²) in [6.07, 6.45) is 1.38. The lowest BCUT2D eigenvalue weighted by atomic mass is 10.2. The first-order valence-electron chi connectivity index (χ1n) is 9.39. The molecule has 1 aromatic heterocycles. The van der Waals surface area contributed by atoms with Gasteiger partial charge in [0.25, 0.3) is 0 Å². The summed E-state index contributed by atoms with van der Waals surface area (Å²) in [5, 5.41) is 5.17. The number of halogens is 4. The molecular weight excluding hydrogens is 430 g/mol. The molecule has 0 aliphatic rings. The number of carbonyl (C=O) groups is 1. The van der Waals surface area contributed by atoms with Gasteiger partial charge in [0.15, 0.2) is 17.5 Å². The van der Waals surface area contributed by atoms with Crippen LogP contribution in [0.5, 0.6) is 0 Å². The Balaban J connectivity index is 1.97. The number of carbonyl (C=O) groups excluding carboxylic acids is 1. The van der Waals surface area contributed by atoms with E-state index in [0.717, 1.165) is 23.1 Å². The normalized spacial score (nSPS) is 11.7. The minimum Gasteiger partial charge on any atom is -0.383 e. The number of aromatic nitrogens is 2. The highest BCUT2D eigenvalue weighted by atomic mass is 19.2. The van der Waals surface area contributed by atoms with Gasteiger partial charge >= 0.3 is 6.03 Å². The fraction of sp³-hybridized carbons (Fsp3) is 0.190. The third-order valence-electron chi connectivity index (χ3n) is 4.23. The standard InChI is InChI=1S/C21H19F4N5O2/c1-12(11-32-2)27-20-26-10-9-17(29-20)30(14-5-3-13(22)4-6-14)21(31)28-16-8-7-15(23)18(24)19(16)25/h3-10,12H,11H2,1-2H3,(H,28,31)(H,26,27,29). The second kappa shape index (κ2) is 10.1. The van der Waals surface area contributed by atoms with E-state index >= 15 is 0 Å². The van der Waals surface area contributed by atoms with Crippen molar-refractivity contribution in [2.45, 2.75) is 13.0 Å². The average molecular weight is 449 g/mol. The maximum absolute atomic E-state index is 14.1. The molecule has 3 aromatic rings. The molecule has 0 spiro atoms. The van der Waals surface area contributed by atoms with Crippen LogP contribution in [0.25, 0.3) is 0 Å². The van der Waals surface area contributed by atoms with Crippen molar-refractivity contribution in [2.75, 3.05) is 29.3 Å². The minimum atomic E-state index is -1.73. The Kier molecular flexibility index (Phi) is 7.21. The van der Waals surface area contributed by atoms with Crippen LogP contribution in [0.15, 0.2) is 48.7 Å². The SMILES string of the molecule is COCC(C)Nc1nccc(N(C(=O)Nc2ccc(F)c(F)c2F)c2ccc(F)cc2)n1. The highest BCUT2D eigenvalue weighted by Crippen LogP contribution is 2.27. The molecule has 2 amide bonds. The topological polar surface area (TPSA) is 79.4 Å². The lowest BCUT2D eigenvalue weighted by Crippen LogP contribution is -2.32. The van der Waals surface area contributed by atoms with Crippen LogP contribution in [-0.4, -0.2) is 35.8 Å². The molecule has 0 aliphatic carbocycles. The summed E-state index contributed by atoms with van der Waals surface area (Å²) in [7, 11) is 1.54. The number of urea groups is 1. The highest BCUT2D eigenvalue weighted by molar-refractivity contribution is 6.06. The smallest absolute Gasteiger partial charge is 0.332 e. The second-order valence-electron chi connectivity index (χ2n) is 6.70. The van der Waals surface area contributed by atoms with Crippen molar-refractivity contribution < 1.29 is 27.1 Å². The molecule has 2 aromatic carbocycles. The molecular formula is C21H19F4N5O2. The number of nitrogens with one attached hydrogen (secondary N) is 2. The van der Waals surface area contributed by atoms with E-state index in [1.807, 2.05) is 6.92 Å². The van der Waals surface area contributed by atoms with E-state index in [1.54, 1.807) is 0 Å². The van der Waals surface area contributed by atoms with Gasteiger partial charge in [-0.25, -0.2) is 32.2 Å². The van der Waals surface area contributed by atoms with E-state index < -0.39 is 35.0 Å². The molecule has 0 fully saturated rings. The second-order valence-corrected chi connectivity index (χ2v) is 6.70. The van der Waals surface area contributed by atoms with Gasteiger partial charge in [0, 0.05) is 25.4 Å². The van der Waals surface area contributed by atoms with Crippen LogP contribution in [0.3, 0.4) is 0 Å². The number of hydrogen-bond donors (Lipinski definition) is 2. The zero-order chi connectivity index (χ0) is 23.3. The van der Waals surface area contributed by atoms with Crippen LogP contribution in [0, 0.1) is 23.3 Å². The van der Waals surface area contributed by atoms with Crippen molar-refractivity contribution in [3.63, 3.8) is 0 Å². The number of benzene rings is 2. The van der Waals surface area contributed by atoms with Crippen LogP contribution in [0.1, 0.15) is 6.92 Å². The van der Waals surface area contributed by atoms with Crippen LogP contribution in [0.4, 0.5) is 45.5 Å². The summed E-state index contributed by atoms with van der Waals surface area (Å²) < 4.78 is 59.3. The highest BCUT2D eigenvalue weighted by Gasteiger charge is 2.23. The number of ether oxygens (including phenoxy) is 1. The summed E-state index contributed by atoms with van der Waals surface area (Å²) in [4.78, 5) is 22.4. The van der Waals surface area contributed by atoms with Crippen molar-refractivity contribution in [3.05, 3.63) is 71.9 Å². The fourth-order valence-electron chi connectivity index (χ4n) is 2.79. The quantitative estimate of drug-likeness (QED) is 0.398. The van der Waals surface area contributed by atoms with Crippen molar-refractivity contribution in [3.8, 4) is 0 Å². The molecule has 0 radical (unpaired) electrons.